The number of nitrogens with zero attached hydrogens (tertiary/aromatic N) is 2. The van der Waals surface area contributed by atoms with Crippen molar-refractivity contribution in [2.45, 2.75) is 26.4 Å². The third-order valence-corrected chi connectivity index (χ3v) is 3.64. The molecule has 112 valence electrons. The first-order valence-electron chi connectivity index (χ1n) is 6.25. The van der Waals surface area contributed by atoms with Crippen LogP contribution in [0, 0.1) is 12.1 Å². The number of hydrogen-bond acceptors (Lipinski definition) is 5. The lowest BCUT2D eigenvalue weighted by molar-refractivity contribution is -0.613. The standard InChI is InChI=1S/C14H16N2O5/c1-8-7-14(19,11-5-4-6-15(20)9(11)2)12(13(17)18)10(3)16(8)21/h4-7,19,21H,1-3H3,(H,17,18). The minimum absolute atomic E-state index is 0.00861. The lowest BCUT2D eigenvalue weighted by atomic mass is 9.81. The highest BCUT2D eigenvalue weighted by Gasteiger charge is 2.44. The van der Waals surface area contributed by atoms with Crippen molar-refractivity contribution in [3.8, 4) is 0 Å². The van der Waals surface area contributed by atoms with E-state index in [-0.39, 0.29) is 22.7 Å². The zero-order valence-corrected chi connectivity index (χ0v) is 11.9. The third kappa shape index (κ3) is 2.16. The van der Waals surface area contributed by atoms with Gasteiger partial charge in [-0.25, -0.2) is 9.86 Å². The zero-order valence-electron chi connectivity index (χ0n) is 11.9. The second-order valence-corrected chi connectivity index (χ2v) is 4.96. The third-order valence-electron chi connectivity index (χ3n) is 3.64. The summed E-state index contributed by atoms with van der Waals surface area (Å²) in [6, 6.07) is 2.91. The number of carboxylic acids is 1. The van der Waals surface area contributed by atoms with Gasteiger partial charge in [-0.3, -0.25) is 5.21 Å². The number of aromatic nitrogens is 1. The highest BCUT2D eigenvalue weighted by molar-refractivity contribution is 5.91. The van der Waals surface area contributed by atoms with Crippen LogP contribution in [0.1, 0.15) is 25.1 Å². The van der Waals surface area contributed by atoms with Gasteiger partial charge in [0.25, 0.3) is 0 Å². The fourth-order valence-corrected chi connectivity index (χ4v) is 2.58. The Morgan fingerprint density at radius 1 is 1.38 bits per heavy atom. The van der Waals surface area contributed by atoms with Gasteiger partial charge in [0.1, 0.15) is 0 Å². The van der Waals surface area contributed by atoms with Crippen LogP contribution >= 0.6 is 0 Å². The first-order valence-corrected chi connectivity index (χ1v) is 6.25. The van der Waals surface area contributed by atoms with E-state index in [0.29, 0.717) is 9.79 Å². The predicted octanol–water partition coefficient (Wildman–Crippen LogP) is 0.783. The van der Waals surface area contributed by atoms with Crippen molar-refractivity contribution >= 4 is 5.97 Å². The van der Waals surface area contributed by atoms with E-state index in [4.69, 9.17) is 0 Å². The molecule has 0 aromatic carbocycles. The van der Waals surface area contributed by atoms with Crippen LogP contribution in [0.3, 0.4) is 0 Å². The molecule has 2 heterocycles. The molecule has 1 unspecified atom stereocenters. The van der Waals surface area contributed by atoms with Crippen molar-refractivity contribution in [1.29, 1.82) is 0 Å². The Hall–Kier alpha value is -2.38. The second-order valence-electron chi connectivity index (χ2n) is 4.96. The van der Waals surface area contributed by atoms with Crippen molar-refractivity contribution < 1.29 is 24.9 Å². The molecule has 0 saturated carbocycles. The smallest absolute Gasteiger partial charge is 0.337 e. The summed E-state index contributed by atoms with van der Waals surface area (Å²) < 4.78 is 0.552. The van der Waals surface area contributed by atoms with E-state index >= 15 is 0 Å². The van der Waals surface area contributed by atoms with Crippen LogP contribution in [-0.4, -0.2) is 26.5 Å². The van der Waals surface area contributed by atoms with E-state index < -0.39 is 17.1 Å². The van der Waals surface area contributed by atoms with Crippen LogP contribution in [0.2, 0.25) is 0 Å². The molecule has 0 radical (unpaired) electrons. The number of carboxylic acid groups (broad SMARTS) is 1. The summed E-state index contributed by atoms with van der Waals surface area (Å²) in [5.74, 6) is -1.38. The topological polar surface area (TPSA) is 108 Å². The number of aliphatic hydroxyl groups is 1. The average Bonchev–Trinajstić information content (AvgIpc) is 2.38. The van der Waals surface area contributed by atoms with E-state index in [0.717, 1.165) is 0 Å². The minimum atomic E-state index is -1.99. The average molecular weight is 292 g/mol. The first-order chi connectivity index (χ1) is 9.70. The van der Waals surface area contributed by atoms with E-state index in [1.807, 2.05) is 0 Å². The summed E-state index contributed by atoms with van der Waals surface area (Å²) in [5.41, 5.74) is -1.79. The van der Waals surface area contributed by atoms with E-state index in [2.05, 4.69) is 0 Å². The molecule has 7 heteroatoms. The maximum absolute atomic E-state index is 11.7. The summed E-state index contributed by atoms with van der Waals surface area (Å²) in [6.45, 7) is 4.40. The molecule has 1 aromatic rings. The highest BCUT2D eigenvalue weighted by atomic mass is 16.5. The molecule has 2 rings (SSSR count). The Morgan fingerprint density at radius 2 is 2.00 bits per heavy atom. The van der Waals surface area contributed by atoms with Gasteiger partial charge in [-0.1, -0.05) is 0 Å². The molecule has 3 N–H and O–H groups in total. The zero-order chi connectivity index (χ0) is 15.9. The van der Waals surface area contributed by atoms with Crippen molar-refractivity contribution in [1.82, 2.24) is 5.06 Å². The molecule has 0 saturated heterocycles. The normalized spacial score (nSPS) is 22.3. The van der Waals surface area contributed by atoms with Gasteiger partial charge in [0.05, 0.1) is 16.8 Å². The van der Waals surface area contributed by atoms with Crippen LogP contribution in [0.15, 0.2) is 41.4 Å². The van der Waals surface area contributed by atoms with Gasteiger partial charge in [-0.05, 0) is 26.0 Å². The summed E-state index contributed by atoms with van der Waals surface area (Å²) in [5, 5.41) is 42.6. The Labute approximate surface area is 121 Å². The Balaban J connectivity index is 2.79. The molecular weight excluding hydrogens is 276 g/mol. The van der Waals surface area contributed by atoms with Crippen molar-refractivity contribution in [3.05, 3.63) is 57.8 Å². The molecule has 7 nitrogen and oxygen atoms in total. The van der Waals surface area contributed by atoms with Crippen molar-refractivity contribution in [2.24, 2.45) is 0 Å². The number of allylic oxidation sites excluding steroid dienone is 2. The molecule has 1 aromatic heterocycles. The largest absolute Gasteiger partial charge is 0.619 e. The first kappa shape index (κ1) is 15.0. The molecule has 0 amide bonds. The summed E-state index contributed by atoms with van der Waals surface area (Å²) in [4.78, 5) is 11.5. The van der Waals surface area contributed by atoms with Crippen molar-refractivity contribution in [2.75, 3.05) is 0 Å². The van der Waals surface area contributed by atoms with Gasteiger partial charge in [0, 0.05) is 18.7 Å². The highest BCUT2D eigenvalue weighted by Crippen LogP contribution is 2.39. The van der Waals surface area contributed by atoms with Crippen LogP contribution in [0.5, 0.6) is 0 Å². The van der Waals surface area contributed by atoms with Gasteiger partial charge in [0.15, 0.2) is 17.5 Å². The quantitative estimate of drug-likeness (QED) is 0.549. The fraction of sp³-hybridized carbons (Fsp3) is 0.286. The maximum atomic E-state index is 11.7. The van der Waals surface area contributed by atoms with Crippen molar-refractivity contribution in [3.63, 3.8) is 0 Å². The fourth-order valence-electron chi connectivity index (χ4n) is 2.58. The number of hydrogen-bond donors (Lipinski definition) is 3. The van der Waals surface area contributed by atoms with Gasteiger partial charge >= 0.3 is 5.97 Å². The molecule has 0 bridgehead atoms. The van der Waals surface area contributed by atoms with Gasteiger partial charge < -0.3 is 15.4 Å². The number of carbonyl (C=O) groups is 1. The van der Waals surface area contributed by atoms with E-state index in [9.17, 15) is 25.4 Å². The molecule has 0 fully saturated rings. The molecule has 1 aliphatic rings. The molecular formula is C14H16N2O5. The lowest BCUT2D eigenvalue weighted by Crippen LogP contribution is -2.42. The minimum Gasteiger partial charge on any atom is -0.619 e. The maximum Gasteiger partial charge on any atom is 0.337 e. The van der Waals surface area contributed by atoms with E-state index in [1.54, 1.807) is 0 Å². The number of pyridine rings is 1. The predicted molar refractivity (Wildman–Crippen MR) is 71.8 cm³/mol. The lowest BCUT2D eigenvalue weighted by Gasteiger charge is -2.35. The molecule has 0 aliphatic carbocycles. The molecule has 1 atom stereocenters. The molecule has 0 spiro atoms. The SMILES string of the molecule is CC1=CC(O)(c2ccc[n+]([O-])c2C)C(C(=O)O)=C(C)N1O. The van der Waals surface area contributed by atoms with Crippen LogP contribution < -0.4 is 4.73 Å². The Morgan fingerprint density at radius 3 is 2.57 bits per heavy atom. The summed E-state index contributed by atoms with van der Waals surface area (Å²) >= 11 is 0. The van der Waals surface area contributed by atoms with Crippen LogP contribution in [0.25, 0.3) is 0 Å². The number of aliphatic carboxylic acids is 1. The molecule has 1 aliphatic heterocycles. The monoisotopic (exact) mass is 292 g/mol. The van der Waals surface area contributed by atoms with Gasteiger partial charge in [0.2, 0.25) is 0 Å². The molecule has 21 heavy (non-hydrogen) atoms. The van der Waals surface area contributed by atoms with E-state index in [1.165, 1.54) is 45.2 Å². The second kappa shape index (κ2) is 4.87. The number of rotatable bonds is 2. The summed E-state index contributed by atoms with van der Waals surface area (Å²) in [6.07, 6.45) is 2.47. The Bertz CT molecular complexity index is 680. The van der Waals surface area contributed by atoms with Gasteiger partial charge in [-0.2, -0.15) is 4.73 Å². The van der Waals surface area contributed by atoms with Crippen LogP contribution in [0.4, 0.5) is 0 Å². The summed E-state index contributed by atoms with van der Waals surface area (Å²) in [7, 11) is 0. The van der Waals surface area contributed by atoms with Crippen LogP contribution in [-0.2, 0) is 10.4 Å². The number of hydroxylamine groups is 2. The van der Waals surface area contributed by atoms with Gasteiger partial charge in [-0.15, -0.1) is 0 Å². The Kier molecular flexibility index (Phi) is 3.48.